The van der Waals surface area contributed by atoms with Crippen molar-refractivity contribution in [1.82, 2.24) is 5.32 Å². The first-order valence-corrected chi connectivity index (χ1v) is 7.21. The molecule has 1 aromatic rings. The molecular formula is C15H22N2O4. The Morgan fingerprint density at radius 3 is 2.76 bits per heavy atom. The van der Waals surface area contributed by atoms with E-state index in [2.05, 4.69) is 19.2 Å². The van der Waals surface area contributed by atoms with Crippen molar-refractivity contribution in [3.63, 3.8) is 0 Å². The van der Waals surface area contributed by atoms with E-state index < -0.39 is 4.92 Å². The Morgan fingerprint density at radius 1 is 1.43 bits per heavy atom. The molecule has 0 amide bonds. The van der Waals surface area contributed by atoms with Gasteiger partial charge in [-0.3, -0.25) is 10.1 Å². The van der Waals surface area contributed by atoms with Crippen LogP contribution in [0.15, 0.2) is 24.3 Å². The Kier molecular flexibility index (Phi) is 5.14. The maximum Gasteiger partial charge on any atom is 0.269 e. The Morgan fingerprint density at radius 2 is 2.14 bits per heavy atom. The minimum Gasteiger partial charge on any atom is -0.492 e. The van der Waals surface area contributed by atoms with E-state index in [0.717, 1.165) is 26.0 Å². The molecule has 1 aromatic carbocycles. The second-order valence-electron chi connectivity index (χ2n) is 5.85. The highest BCUT2D eigenvalue weighted by Gasteiger charge is 2.28. The maximum absolute atomic E-state index is 10.5. The first-order valence-electron chi connectivity index (χ1n) is 7.21. The van der Waals surface area contributed by atoms with E-state index in [1.165, 1.54) is 12.1 Å². The summed E-state index contributed by atoms with van der Waals surface area (Å²) in [5.41, 5.74) is 0.0136. The molecule has 0 aromatic heterocycles. The molecule has 0 bridgehead atoms. The van der Waals surface area contributed by atoms with Gasteiger partial charge in [-0.25, -0.2) is 0 Å². The zero-order valence-corrected chi connectivity index (χ0v) is 12.5. The van der Waals surface area contributed by atoms with Gasteiger partial charge in [-0.05, 0) is 38.8 Å². The number of nitro groups is 1. The second kappa shape index (κ2) is 6.87. The number of nitrogens with zero attached hydrogens (tertiary/aromatic N) is 1. The summed E-state index contributed by atoms with van der Waals surface area (Å²) in [4.78, 5) is 10.1. The highest BCUT2D eigenvalue weighted by Crippen LogP contribution is 2.23. The molecule has 6 nitrogen and oxygen atoms in total. The summed E-state index contributed by atoms with van der Waals surface area (Å²) in [5.74, 6) is 0.648. The Labute approximate surface area is 124 Å². The van der Waals surface area contributed by atoms with Crippen molar-refractivity contribution in [2.75, 3.05) is 19.8 Å². The molecule has 0 aliphatic carbocycles. The standard InChI is InChI=1S/C15H22N2O4/c1-15(2)11-12(7-9-21-15)16-8-10-20-14-5-3-13(4-6-14)17(18)19/h3-6,12,16H,7-11H2,1-2H3. The maximum atomic E-state index is 10.5. The lowest BCUT2D eigenvalue weighted by Gasteiger charge is -2.35. The summed E-state index contributed by atoms with van der Waals surface area (Å²) in [7, 11) is 0. The van der Waals surface area contributed by atoms with Crippen LogP contribution in [-0.4, -0.2) is 36.3 Å². The van der Waals surface area contributed by atoms with Crippen LogP contribution in [0.3, 0.4) is 0 Å². The number of nitrogens with one attached hydrogen (secondary N) is 1. The number of nitro benzene ring substituents is 1. The average molecular weight is 294 g/mol. The van der Waals surface area contributed by atoms with Gasteiger partial charge < -0.3 is 14.8 Å². The van der Waals surface area contributed by atoms with Crippen molar-refractivity contribution in [2.45, 2.75) is 38.3 Å². The van der Waals surface area contributed by atoms with Crippen molar-refractivity contribution in [3.05, 3.63) is 34.4 Å². The third kappa shape index (κ3) is 4.99. The number of ether oxygens (including phenoxy) is 2. The van der Waals surface area contributed by atoms with Crippen molar-refractivity contribution in [1.29, 1.82) is 0 Å². The van der Waals surface area contributed by atoms with E-state index in [-0.39, 0.29) is 11.3 Å². The first kappa shape index (κ1) is 15.7. The van der Waals surface area contributed by atoms with Crippen LogP contribution >= 0.6 is 0 Å². The van der Waals surface area contributed by atoms with Gasteiger partial charge in [-0.1, -0.05) is 0 Å². The molecule has 1 heterocycles. The molecule has 21 heavy (non-hydrogen) atoms. The van der Waals surface area contributed by atoms with E-state index in [9.17, 15) is 10.1 Å². The molecule has 1 aliphatic rings. The van der Waals surface area contributed by atoms with Gasteiger partial charge in [0, 0.05) is 31.3 Å². The number of hydrogen-bond donors (Lipinski definition) is 1. The minimum atomic E-state index is -0.418. The van der Waals surface area contributed by atoms with Crippen molar-refractivity contribution in [2.24, 2.45) is 0 Å². The van der Waals surface area contributed by atoms with E-state index in [1.54, 1.807) is 12.1 Å². The molecule has 1 atom stereocenters. The van der Waals surface area contributed by atoms with Crippen LogP contribution in [0.2, 0.25) is 0 Å². The van der Waals surface area contributed by atoms with Crippen LogP contribution in [0.5, 0.6) is 5.75 Å². The fourth-order valence-electron chi connectivity index (χ4n) is 2.50. The molecule has 1 unspecified atom stereocenters. The molecule has 1 aliphatic heterocycles. The summed E-state index contributed by atoms with van der Waals surface area (Å²) in [6.07, 6.45) is 2.01. The molecule has 116 valence electrons. The third-order valence-corrected chi connectivity index (χ3v) is 3.55. The van der Waals surface area contributed by atoms with Crippen LogP contribution in [0, 0.1) is 10.1 Å². The van der Waals surface area contributed by atoms with E-state index in [4.69, 9.17) is 9.47 Å². The van der Waals surface area contributed by atoms with E-state index >= 15 is 0 Å². The molecule has 1 N–H and O–H groups in total. The number of rotatable bonds is 6. The van der Waals surface area contributed by atoms with Gasteiger partial charge in [-0.2, -0.15) is 0 Å². The zero-order valence-electron chi connectivity index (χ0n) is 12.5. The van der Waals surface area contributed by atoms with Crippen molar-refractivity contribution < 1.29 is 14.4 Å². The Bertz CT molecular complexity index is 473. The second-order valence-corrected chi connectivity index (χ2v) is 5.85. The zero-order chi connectivity index (χ0) is 15.3. The first-order chi connectivity index (χ1) is 9.96. The van der Waals surface area contributed by atoms with Gasteiger partial charge >= 0.3 is 0 Å². The largest absolute Gasteiger partial charge is 0.492 e. The molecule has 1 saturated heterocycles. The lowest BCUT2D eigenvalue weighted by Crippen LogP contribution is -2.44. The lowest BCUT2D eigenvalue weighted by atomic mass is 9.94. The topological polar surface area (TPSA) is 73.6 Å². The van der Waals surface area contributed by atoms with Crippen molar-refractivity contribution in [3.8, 4) is 5.75 Å². The fraction of sp³-hybridized carbons (Fsp3) is 0.600. The summed E-state index contributed by atoms with van der Waals surface area (Å²) in [6.45, 7) is 6.28. The Balaban J connectivity index is 1.68. The molecule has 1 fully saturated rings. The molecule has 2 rings (SSSR count). The van der Waals surface area contributed by atoms with Crippen LogP contribution in [0.25, 0.3) is 0 Å². The van der Waals surface area contributed by atoms with E-state index in [1.807, 2.05) is 0 Å². The van der Waals surface area contributed by atoms with Crippen molar-refractivity contribution >= 4 is 5.69 Å². The summed E-state index contributed by atoms with van der Waals surface area (Å²) < 4.78 is 11.2. The minimum absolute atomic E-state index is 0.0604. The highest BCUT2D eigenvalue weighted by atomic mass is 16.6. The van der Waals surface area contributed by atoms with Crippen LogP contribution in [0.4, 0.5) is 5.69 Å². The monoisotopic (exact) mass is 294 g/mol. The summed E-state index contributed by atoms with van der Waals surface area (Å²) in [6, 6.07) is 6.59. The smallest absolute Gasteiger partial charge is 0.269 e. The third-order valence-electron chi connectivity index (χ3n) is 3.55. The summed E-state index contributed by atoms with van der Waals surface area (Å²) >= 11 is 0. The molecule has 0 spiro atoms. The van der Waals surface area contributed by atoms with Gasteiger partial charge in [0.15, 0.2) is 0 Å². The normalized spacial score (nSPS) is 21.0. The van der Waals surface area contributed by atoms with Gasteiger partial charge in [-0.15, -0.1) is 0 Å². The van der Waals surface area contributed by atoms with Crippen LogP contribution < -0.4 is 10.1 Å². The number of non-ortho nitro benzene ring substituents is 1. The molecular weight excluding hydrogens is 272 g/mol. The average Bonchev–Trinajstić information content (AvgIpc) is 2.43. The predicted octanol–water partition coefficient (Wildman–Crippen LogP) is 2.52. The summed E-state index contributed by atoms with van der Waals surface area (Å²) in [5, 5.41) is 14.0. The highest BCUT2D eigenvalue weighted by molar-refractivity contribution is 5.35. The van der Waals surface area contributed by atoms with Gasteiger partial charge in [0.2, 0.25) is 0 Å². The predicted molar refractivity (Wildman–Crippen MR) is 79.6 cm³/mol. The molecule has 6 heteroatoms. The quantitative estimate of drug-likeness (QED) is 0.496. The van der Waals surface area contributed by atoms with Gasteiger partial charge in [0.1, 0.15) is 12.4 Å². The Hall–Kier alpha value is -1.66. The lowest BCUT2D eigenvalue weighted by molar-refractivity contribution is -0.384. The van der Waals surface area contributed by atoms with Crippen LogP contribution in [0.1, 0.15) is 26.7 Å². The SMILES string of the molecule is CC1(C)CC(NCCOc2ccc([N+](=O)[O-])cc2)CCO1. The van der Waals surface area contributed by atoms with E-state index in [0.29, 0.717) is 18.4 Å². The fourth-order valence-corrected chi connectivity index (χ4v) is 2.50. The van der Waals surface area contributed by atoms with Crippen LogP contribution in [-0.2, 0) is 4.74 Å². The number of benzene rings is 1. The van der Waals surface area contributed by atoms with Gasteiger partial charge in [0.05, 0.1) is 10.5 Å². The number of hydrogen-bond acceptors (Lipinski definition) is 5. The molecule has 0 saturated carbocycles. The van der Waals surface area contributed by atoms with Gasteiger partial charge in [0.25, 0.3) is 5.69 Å². The molecule has 0 radical (unpaired) electrons.